The van der Waals surface area contributed by atoms with Gasteiger partial charge in [0.2, 0.25) is 0 Å². The van der Waals surface area contributed by atoms with Crippen LogP contribution in [0.25, 0.3) is 0 Å². The molecule has 1 amide bonds. The van der Waals surface area contributed by atoms with Gasteiger partial charge in [0.25, 0.3) is 5.91 Å². The largest absolute Gasteiger partial charge is 0.453 e. The van der Waals surface area contributed by atoms with Gasteiger partial charge in [0.1, 0.15) is 22.8 Å². The Bertz CT molecular complexity index is 1060. The van der Waals surface area contributed by atoms with Crippen molar-refractivity contribution in [1.29, 1.82) is 0 Å². The number of nitrogens with two attached hydrogens (primary N) is 1. The molecule has 0 bridgehead atoms. The molecule has 0 aliphatic heterocycles. The van der Waals surface area contributed by atoms with Gasteiger partial charge in [0.05, 0.1) is 5.02 Å². The Morgan fingerprint density at radius 3 is 2.76 bits per heavy atom. The van der Waals surface area contributed by atoms with Crippen LogP contribution in [0.1, 0.15) is 21.9 Å². The zero-order valence-corrected chi connectivity index (χ0v) is 17.7. The van der Waals surface area contributed by atoms with Crippen LogP contribution in [0, 0.1) is 5.82 Å². The average molecular weight is 504 g/mol. The molecule has 5 N–H and O–H groups in total. The lowest BCUT2D eigenvalue weighted by Gasteiger charge is -2.13. The molecule has 0 saturated carbocycles. The summed E-state index contributed by atoms with van der Waals surface area (Å²) < 4.78 is 20.8. The number of carbonyl (C=O) groups is 1. The number of rotatable bonds is 6. The minimum absolute atomic E-state index is 0.0364. The van der Waals surface area contributed by atoms with Gasteiger partial charge in [-0.3, -0.25) is 4.79 Å². The van der Waals surface area contributed by atoms with E-state index in [9.17, 15) is 9.18 Å². The van der Waals surface area contributed by atoms with Gasteiger partial charge in [-0.1, -0.05) is 29.3 Å². The summed E-state index contributed by atoms with van der Waals surface area (Å²) in [5.74, 6) is -1.09. The van der Waals surface area contributed by atoms with Crippen LogP contribution >= 0.6 is 39.1 Å². The molecule has 0 fully saturated rings. The third-order valence-electron chi connectivity index (χ3n) is 3.76. The molecule has 11 heteroatoms. The number of aliphatic hydroxyl groups is 1. The van der Waals surface area contributed by atoms with E-state index < -0.39 is 11.7 Å². The molecule has 0 radical (unpaired) electrons. The summed E-state index contributed by atoms with van der Waals surface area (Å²) in [6.45, 7) is -0.504. The number of ether oxygens (including phenoxy) is 1. The van der Waals surface area contributed by atoms with Crippen LogP contribution in [0.4, 0.5) is 10.1 Å². The highest BCUT2D eigenvalue weighted by molar-refractivity contribution is 9.10. The van der Waals surface area contributed by atoms with E-state index in [0.29, 0.717) is 15.3 Å². The van der Waals surface area contributed by atoms with Crippen LogP contribution in [0.2, 0.25) is 10.0 Å². The second-order valence-electron chi connectivity index (χ2n) is 5.86. The molecule has 2 aromatic carbocycles. The number of anilines is 1. The maximum atomic E-state index is 14.9. The summed E-state index contributed by atoms with van der Waals surface area (Å²) in [6.07, 6.45) is 0. The Labute approximate surface area is 183 Å². The zero-order chi connectivity index (χ0) is 21.1. The van der Waals surface area contributed by atoms with E-state index in [1.54, 1.807) is 0 Å². The number of aromatic amines is 1. The zero-order valence-electron chi connectivity index (χ0n) is 14.6. The van der Waals surface area contributed by atoms with Crippen molar-refractivity contribution in [2.24, 2.45) is 0 Å². The predicted octanol–water partition coefficient (Wildman–Crippen LogP) is 4.41. The maximum Gasteiger partial charge on any atom is 0.272 e. The fourth-order valence-electron chi connectivity index (χ4n) is 2.45. The Kier molecular flexibility index (Phi) is 6.63. The van der Waals surface area contributed by atoms with Crippen molar-refractivity contribution in [2.45, 2.75) is 13.2 Å². The molecule has 7 nitrogen and oxygen atoms in total. The molecular weight excluding hydrogens is 490 g/mol. The Morgan fingerprint density at radius 1 is 1.34 bits per heavy atom. The first kappa shape index (κ1) is 21.4. The molecule has 0 atom stereocenters. The lowest BCUT2D eigenvalue weighted by molar-refractivity contribution is 0.0945. The number of nitrogen functional groups attached to an aromatic ring is 1. The van der Waals surface area contributed by atoms with Gasteiger partial charge in [0, 0.05) is 28.9 Å². The summed E-state index contributed by atoms with van der Waals surface area (Å²) in [4.78, 5) is 18.9. The topological polar surface area (TPSA) is 113 Å². The SMILES string of the molecule is Nc1cc(Cl)cc(Oc2c(Cl)ccc(CNC(=O)c3nc(CO)[nH]c3Br)c2F)c1. The molecule has 0 spiro atoms. The Balaban J connectivity index is 1.79. The smallest absolute Gasteiger partial charge is 0.272 e. The Hall–Kier alpha value is -2.33. The monoisotopic (exact) mass is 502 g/mol. The molecule has 29 heavy (non-hydrogen) atoms. The number of halogens is 4. The van der Waals surface area contributed by atoms with Gasteiger partial charge < -0.3 is 25.9 Å². The van der Waals surface area contributed by atoms with Crippen LogP contribution in [0.3, 0.4) is 0 Å². The van der Waals surface area contributed by atoms with E-state index in [1.165, 1.54) is 30.3 Å². The van der Waals surface area contributed by atoms with Crippen LogP contribution in [0.5, 0.6) is 11.5 Å². The molecule has 0 aliphatic rings. The van der Waals surface area contributed by atoms with Crippen LogP contribution in [-0.4, -0.2) is 21.0 Å². The molecule has 0 unspecified atom stereocenters. The summed E-state index contributed by atoms with van der Waals surface area (Å²) in [6, 6.07) is 7.34. The highest BCUT2D eigenvalue weighted by atomic mass is 79.9. The number of nitrogens with zero attached hydrogens (tertiary/aromatic N) is 1. The molecule has 3 aromatic rings. The molecule has 1 heterocycles. The van der Waals surface area contributed by atoms with E-state index in [1.807, 2.05) is 0 Å². The summed E-state index contributed by atoms with van der Waals surface area (Å²) in [7, 11) is 0. The molecule has 1 aromatic heterocycles. The number of aliphatic hydroxyl groups excluding tert-OH is 1. The minimum atomic E-state index is -0.742. The second-order valence-corrected chi connectivity index (χ2v) is 7.50. The van der Waals surface area contributed by atoms with Crippen molar-refractivity contribution in [3.63, 3.8) is 0 Å². The number of benzene rings is 2. The first-order valence-corrected chi connectivity index (χ1v) is 9.67. The van der Waals surface area contributed by atoms with Crippen molar-refractivity contribution in [3.05, 3.63) is 67.9 Å². The second kappa shape index (κ2) is 9.00. The molecule has 3 rings (SSSR count). The molecule has 152 valence electrons. The summed E-state index contributed by atoms with van der Waals surface area (Å²) >= 11 is 15.1. The predicted molar refractivity (Wildman–Crippen MR) is 111 cm³/mol. The first-order chi connectivity index (χ1) is 13.8. The summed E-state index contributed by atoms with van der Waals surface area (Å²) in [5.41, 5.74) is 6.24. The quantitative estimate of drug-likeness (QED) is 0.372. The van der Waals surface area contributed by atoms with Crippen molar-refractivity contribution in [3.8, 4) is 11.5 Å². The fourth-order valence-corrected chi connectivity index (χ4v) is 3.36. The van der Waals surface area contributed by atoms with Gasteiger partial charge in [-0.15, -0.1) is 0 Å². The van der Waals surface area contributed by atoms with E-state index in [-0.39, 0.29) is 46.8 Å². The number of hydrogen-bond donors (Lipinski definition) is 4. The third-order valence-corrected chi connectivity index (χ3v) is 4.85. The van der Waals surface area contributed by atoms with Gasteiger partial charge in [0.15, 0.2) is 17.3 Å². The van der Waals surface area contributed by atoms with Crippen molar-refractivity contribution in [2.75, 3.05) is 5.73 Å². The van der Waals surface area contributed by atoms with Gasteiger partial charge >= 0.3 is 0 Å². The lowest BCUT2D eigenvalue weighted by Crippen LogP contribution is -2.24. The highest BCUT2D eigenvalue weighted by Gasteiger charge is 2.19. The van der Waals surface area contributed by atoms with Gasteiger partial charge in [-0.2, -0.15) is 0 Å². The third kappa shape index (κ3) is 4.99. The standard InChI is InChI=1S/C18H14BrCl2FN4O3/c19-17-15(25-13(7-27)26-17)18(28)24-6-8-1-2-12(21)16(14(8)22)29-11-4-9(20)3-10(23)5-11/h1-5,27H,6-7,23H2,(H,24,28)(H,25,26). The molecule has 0 aliphatic carbocycles. The number of imidazole rings is 1. The normalized spacial score (nSPS) is 10.8. The Morgan fingerprint density at radius 2 is 2.10 bits per heavy atom. The molecule has 0 saturated heterocycles. The van der Waals surface area contributed by atoms with Crippen LogP contribution in [-0.2, 0) is 13.2 Å². The van der Waals surface area contributed by atoms with Crippen LogP contribution < -0.4 is 15.8 Å². The first-order valence-electron chi connectivity index (χ1n) is 8.12. The van der Waals surface area contributed by atoms with Crippen LogP contribution in [0.15, 0.2) is 34.9 Å². The summed E-state index contributed by atoms with van der Waals surface area (Å²) in [5, 5.41) is 12.0. The van der Waals surface area contributed by atoms with E-state index in [2.05, 4.69) is 31.2 Å². The minimum Gasteiger partial charge on any atom is -0.453 e. The van der Waals surface area contributed by atoms with Crippen molar-refractivity contribution >= 4 is 50.7 Å². The number of H-pyrrole nitrogens is 1. The van der Waals surface area contributed by atoms with Crippen molar-refractivity contribution < 1.29 is 19.0 Å². The van der Waals surface area contributed by atoms with Gasteiger partial charge in [-0.25, -0.2) is 9.37 Å². The number of carbonyl (C=O) groups excluding carboxylic acids is 1. The number of amides is 1. The van der Waals surface area contributed by atoms with E-state index >= 15 is 0 Å². The maximum absolute atomic E-state index is 14.9. The van der Waals surface area contributed by atoms with Gasteiger partial charge in [-0.05, 0) is 34.1 Å². The number of nitrogens with one attached hydrogen (secondary N) is 2. The number of hydrogen-bond acceptors (Lipinski definition) is 5. The average Bonchev–Trinajstić information content (AvgIpc) is 3.04. The lowest BCUT2D eigenvalue weighted by atomic mass is 10.2. The fraction of sp³-hybridized carbons (Fsp3) is 0.111. The molecular formula is C18H14BrCl2FN4O3. The van der Waals surface area contributed by atoms with E-state index in [0.717, 1.165) is 0 Å². The van der Waals surface area contributed by atoms with E-state index in [4.69, 9.17) is 38.8 Å². The van der Waals surface area contributed by atoms with Crippen molar-refractivity contribution in [1.82, 2.24) is 15.3 Å². The highest BCUT2D eigenvalue weighted by Crippen LogP contribution is 2.35. The number of aromatic nitrogens is 2.